The molecule has 4 nitrogen and oxygen atoms in total. The van der Waals surface area contributed by atoms with E-state index >= 15 is 0 Å². The van der Waals surface area contributed by atoms with E-state index in [0.29, 0.717) is 12.1 Å². The lowest BCUT2D eigenvalue weighted by Gasteiger charge is -2.19. The highest BCUT2D eigenvalue weighted by molar-refractivity contribution is 5.06. The van der Waals surface area contributed by atoms with Crippen LogP contribution in [0, 0.1) is 0 Å². The Balaban J connectivity index is 1.91. The van der Waals surface area contributed by atoms with Gasteiger partial charge in [0.1, 0.15) is 0 Å². The summed E-state index contributed by atoms with van der Waals surface area (Å²) in [6, 6.07) is 2.50. The number of rotatable bonds is 6. The molecule has 1 saturated heterocycles. The second kappa shape index (κ2) is 6.17. The normalized spacial score (nSPS) is 21.9. The Morgan fingerprint density at radius 2 is 2.53 bits per heavy atom. The monoisotopic (exact) mass is 237 g/mol. The first-order chi connectivity index (χ1) is 8.35. The van der Waals surface area contributed by atoms with Crippen LogP contribution in [0.1, 0.15) is 44.3 Å². The van der Waals surface area contributed by atoms with Gasteiger partial charge in [-0.25, -0.2) is 0 Å². The SMILES string of the molecule is CCn1nccc1C(CCC1CCCO1)NC. The third-order valence-electron chi connectivity index (χ3n) is 3.56. The molecule has 1 aromatic rings. The van der Waals surface area contributed by atoms with Gasteiger partial charge in [0.25, 0.3) is 0 Å². The molecule has 1 fully saturated rings. The van der Waals surface area contributed by atoms with Gasteiger partial charge in [0.2, 0.25) is 0 Å². The Kier molecular flexibility index (Phi) is 4.57. The molecule has 4 heteroatoms. The minimum Gasteiger partial charge on any atom is -0.378 e. The summed E-state index contributed by atoms with van der Waals surface area (Å²) in [5.41, 5.74) is 1.29. The quantitative estimate of drug-likeness (QED) is 0.823. The molecule has 0 spiro atoms. The van der Waals surface area contributed by atoms with Crippen molar-refractivity contribution >= 4 is 0 Å². The van der Waals surface area contributed by atoms with E-state index in [1.165, 1.54) is 18.5 Å². The van der Waals surface area contributed by atoms with Crippen molar-refractivity contribution in [1.29, 1.82) is 0 Å². The highest BCUT2D eigenvalue weighted by Crippen LogP contribution is 2.23. The average Bonchev–Trinajstić information content (AvgIpc) is 3.00. The maximum absolute atomic E-state index is 5.67. The molecule has 0 bridgehead atoms. The lowest BCUT2D eigenvalue weighted by Crippen LogP contribution is -2.22. The molecule has 0 radical (unpaired) electrons. The van der Waals surface area contributed by atoms with Crippen molar-refractivity contribution in [1.82, 2.24) is 15.1 Å². The fourth-order valence-electron chi connectivity index (χ4n) is 2.57. The predicted octanol–water partition coefficient (Wildman–Crippen LogP) is 2.12. The zero-order valence-corrected chi connectivity index (χ0v) is 10.9. The van der Waals surface area contributed by atoms with E-state index in [1.807, 2.05) is 13.2 Å². The van der Waals surface area contributed by atoms with Gasteiger partial charge >= 0.3 is 0 Å². The fourth-order valence-corrected chi connectivity index (χ4v) is 2.57. The molecule has 2 atom stereocenters. The van der Waals surface area contributed by atoms with E-state index in [4.69, 9.17) is 4.74 Å². The van der Waals surface area contributed by atoms with E-state index in [1.54, 1.807) is 0 Å². The maximum Gasteiger partial charge on any atom is 0.0576 e. The van der Waals surface area contributed by atoms with Gasteiger partial charge in [-0.15, -0.1) is 0 Å². The zero-order valence-electron chi connectivity index (χ0n) is 10.9. The summed E-state index contributed by atoms with van der Waals surface area (Å²) in [5.74, 6) is 0. The second-order valence-corrected chi connectivity index (χ2v) is 4.63. The van der Waals surface area contributed by atoms with Crippen LogP contribution in [0.3, 0.4) is 0 Å². The predicted molar refractivity (Wildman–Crippen MR) is 67.9 cm³/mol. The molecule has 0 amide bonds. The molecule has 2 unspecified atom stereocenters. The lowest BCUT2D eigenvalue weighted by molar-refractivity contribution is 0.0995. The molecular weight excluding hydrogens is 214 g/mol. The third-order valence-corrected chi connectivity index (χ3v) is 3.56. The summed E-state index contributed by atoms with van der Waals surface area (Å²) in [6.07, 6.45) is 7.07. The van der Waals surface area contributed by atoms with Gasteiger partial charge in [0.05, 0.1) is 11.8 Å². The molecule has 1 aliphatic rings. The van der Waals surface area contributed by atoms with Crippen LogP contribution in [-0.4, -0.2) is 29.5 Å². The molecule has 17 heavy (non-hydrogen) atoms. The van der Waals surface area contributed by atoms with E-state index in [0.717, 1.165) is 26.0 Å². The van der Waals surface area contributed by atoms with Gasteiger partial charge in [-0.05, 0) is 45.7 Å². The summed E-state index contributed by atoms with van der Waals surface area (Å²) >= 11 is 0. The summed E-state index contributed by atoms with van der Waals surface area (Å²) in [5, 5.41) is 7.72. The van der Waals surface area contributed by atoms with E-state index < -0.39 is 0 Å². The van der Waals surface area contributed by atoms with Gasteiger partial charge in [-0.3, -0.25) is 4.68 Å². The van der Waals surface area contributed by atoms with Gasteiger partial charge in [0.15, 0.2) is 0 Å². The van der Waals surface area contributed by atoms with Crippen LogP contribution in [0.2, 0.25) is 0 Å². The number of aromatic nitrogens is 2. The summed E-state index contributed by atoms with van der Waals surface area (Å²) < 4.78 is 7.74. The van der Waals surface area contributed by atoms with Gasteiger partial charge in [0, 0.05) is 25.4 Å². The van der Waals surface area contributed by atoms with Gasteiger partial charge < -0.3 is 10.1 Å². The minimum absolute atomic E-state index is 0.390. The molecule has 1 aliphatic heterocycles. The average molecular weight is 237 g/mol. The zero-order chi connectivity index (χ0) is 12.1. The number of nitrogens with one attached hydrogen (secondary N) is 1. The Morgan fingerprint density at radius 3 is 3.18 bits per heavy atom. The number of aryl methyl sites for hydroxylation is 1. The summed E-state index contributed by atoms with van der Waals surface area (Å²) in [4.78, 5) is 0. The molecule has 1 N–H and O–H groups in total. The molecule has 0 saturated carbocycles. The van der Waals surface area contributed by atoms with Crippen LogP contribution in [0.4, 0.5) is 0 Å². The fraction of sp³-hybridized carbons (Fsp3) is 0.769. The van der Waals surface area contributed by atoms with E-state index in [-0.39, 0.29) is 0 Å². The summed E-state index contributed by atoms with van der Waals surface area (Å²) in [6.45, 7) is 4.01. The van der Waals surface area contributed by atoms with Crippen molar-refractivity contribution in [2.75, 3.05) is 13.7 Å². The molecule has 0 aromatic carbocycles. The van der Waals surface area contributed by atoms with Gasteiger partial charge in [-0.1, -0.05) is 0 Å². The van der Waals surface area contributed by atoms with Crippen molar-refractivity contribution in [2.45, 2.75) is 51.3 Å². The first kappa shape index (κ1) is 12.6. The van der Waals surface area contributed by atoms with Crippen molar-refractivity contribution in [3.8, 4) is 0 Å². The van der Waals surface area contributed by atoms with Crippen LogP contribution in [0.25, 0.3) is 0 Å². The number of ether oxygens (including phenoxy) is 1. The maximum atomic E-state index is 5.67. The first-order valence-corrected chi connectivity index (χ1v) is 6.65. The van der Waals surface area contributed by atoms with Gasteiger partial charge in [-0.2, -0.15) is 5.10 Å². The van der Waals surface area contributed by atoms with Crippen molar-refractivity contribution in [2.24, 2.45) is 0 Å². The molecule has 1 aromatic heterocycles. The van der Waals surface area contributed by atoms with E-state index in [9.17, 15) is 0 Å². The molecular formula is C13H23N3O. The molecule has 2 rings (SSSR count). The van der Waals surface area contributed by atoms with Crippen molar-refractivity contribution in [3.63, 3.8) is 0 Å². The van der Waals surface area contributed by atoms with Crippen LogP contribution in [0.15, 0.2) is 12.3 Å². The van der Waals surface area contributed by atoms with Crippen molar-refractivity contribution in [3.05, 3.63) is 18.0 Å². The smallest absolute Gasteiger partial charge is 0.0576 e. The Hall–Kier alpha value is -0.870. The molecule has 96 valence electrons. The third kappa shape index (κ3) is 3.07. The van der Waals surface area contributed by atoms with E-state index in [2.05, 4.69) is 28.1 Å². The number of hydrogen-bond donors (Lipinski definition) is 1. The largest absolute Gasteiger partial charge is 0.378 e. The highest BCUT2D eigenvalue weighted by atomic mass is 16.5. The van der Waals surface area contributed by atoms with Crippen LogP contribution in [-0.2, 0) is 11.3 Å². The number of hydrogen-bond acceptors (Lipinski definition) is 3. The minimum atomic E-state index is 0.390. The standard InChI is InChI=1S/C13H23N3O/c1-3-16-13(8-9-15-16)12(14-2)7-6-11-5-4-10-17-11/h8-9,11-12,14H,3-7,10H2,1-2H3. The first-order valence-electron chi connectivity index (χ1n) is 6.65. The summed E-state index contributed by atoms with van der Waals surface area (Å²) in [7, 11) is 2.02. The van der Waals surface area contributed by atoms with Crippen LogP contribution in [0.5, 0.6) is 0 Å². The Morgan fingerprint density at radius 1 is 1.65 bits per heavy atom. The Bertz CT molecular complexity index is 331. The topological polar surface area (TPSA) is 39.1 Å². The van der Waals surface area contributed by atoms with Crippen LogP contribution >= 0.6 is 0 Å². The Labute approximate surface area is 103 Å². The molecule has 2 heterocycles. The lowest BCUT2D eigenvalue weighted by atomic mass is 10.0. The highest BCUT2D eigenvalue weighted by Gasteiger charge is 2.19. The molecule has 0 aliphatic carbocycles. The van der Waals surface area contributed by atoms with Crippen LogP contribution < -0.4 is 5.32 Å². The van der Waals surface area contributed by atoms with Crippen molar-refractivity contribution < 1.29 is 4.74 Å². The number of nitrogens with zero attached hydrogens (tertiary/aromatic N) is 2. The second-order valence-electron chi connectivity index (χ2n) is 4.63.